The minimum atomic E-state index is -4.00. The van der Waals surface area contributed by atoms with Gasteiger partial charge in [0.25, 0.3) is 10.0 Å². The predicted octanol–water partition coefficient (Wildman–Crippen LogP) is 5.29. The topological polar surface area (TPSA) is 80.5 Å². The van der Waals surface area contributed by atoms with E-state index in [0.29, 0.717) is 10.0 Å². The Morgan fingerprint density at radius 1 is 1.07 bits per heavy atom. The van der Waals surface area contributed by atoms with E-state index in [1.54, 1.807) is 13.0 Å². The number of benzene rings is 2. The highest BCUT2D eigenvalue weighted by Crippen LogP contribution is 2.35. The number of anilines is 1. The maximum Gasteiger partial charge on any atom is 0.264 e. The van der Waals surface area contributed by atoms with Crippen molar-refractivity contribution in [3.05, 3.63) is 67.6 Å². The molecule has 0 spiro atoms. The monoisotopic (exact) mass is 450 g/mol. The van der Waals surface area contributed by atoms with Crippen molar-refractivity contribution in [1.29, 1.82) is 0 Å². The lowest BCUT2D eigenvalue weighted by Crippen LogP contribution is -2.39. The minimum Gasteiger partial charge on any atom is -0.265 e. The largest absolute Gasteiger partial charge is 0.265 e. The summed E-state index contributed by atoms with van der Waals surface area (Å²) in [4.78, 5) is 10.2. The second-order valence-corrected chi connectivity index (χ2v) is 8.99. The Labute approximate surface area is 172 Å². The molecule has 0 aliphatic heterocycles. The van der Waals surface area contributed by atoms with Crippen LogP contribution in [0.5, 0.6) is 0 Å². The molecule has 2 rings (SSSR count). The molecule has 0 fully saturated rings. The molecule has 2 aromatic carbocycles. The molecule has 0 radical (unpaired) electrons. The van der Waals surface area contributed by atoms with E-state index in [1.165, 1.54) is 36.4 Å². The maximum absolute atomic E-state index is 13.3. The third kappa shape index (κ3) is 5.48. The fourth-order valence-electron chi connectivity index (χ4n) is 2.61. The second-order valence-electron chi connectivity index (χ2n) is 5.90. The Morgan fingerprint density at radius 3 is 2.26 bits per heavy atom. The van der Waals surface area contributed by atoms with Gasteiger partial charge < -0.3 is 0 Å². The highest BCUT2D eigenvalue weighted by Gasteiger charge is 2.31. The standard InChI is InChI=1S/C17H17Cl3N2O4S/c1-12(3-2-10-21(23)24)22(17-11-14(19)6-9-16(17)20)27(25,26)15-7-4-13(18)5-8-15/h4-9,11-12H,2-3,10H2,1H3/t12-/m1/s1. The van der Waals surface area contributed by atoms with Crippen LogP contribution in [0.15, 0.2) is 47.4 Å². The summed E-state index contributed by atoms with van der Waals surface area (Å²) in [5.74, 6) is 0. The van der Waals surface area contributed by atoms with Gasteiger partial charge in [-0.25, -0.2) is 8.42 Å². The zero-order valence-corrected chi connectivity index (χ0v) is 17.4. The molecule has 0 saturated carbocycles. The van der Waals surface area contributed by atoms with Gasteiger partial charge in [0.15, 0.2) is 0 Å². The lowest BCUT2D eigenvalue weighted by atomic mass is 10.1. The first-order valence-electron chi connectivity index (χ1n) is 8.00. The second kappa shape index (κ2) is 9.10. The number of nitrogens with zero attached hydrogens (tertiary/aromatic N) is 2. The fourth-order valence-corrected chi connectivity index (χ4v) is 4.86. The van der Waals surface area contributed by atoms with Crippen molar-refractivity contribution in [3.8, 4) is 0 Å². The Morgan fingerprint density at radius 2 is 1.67 bits per heavy atom. The van der Waals surface area contributed by atoms with Crippen LogP contribution in [0.1, 0.15) is 19.8 Å². The van der Waals surface area contributed by atoms with E-state index in [2.05, 4.69) is 0 Å². The van der Waals surface area contributed by atoms with E-state index in [0.717, 1.165) is 4.31 Å². The van der Waals surface area contributed by atoms with Gasteiger partial charge in [-0.3, -0.25) is 14.4 Å². The van der Waals surface area contributed by atoms with Crippen molar-refractivity contribution in [2.75, 3.05) is 10.8 Å². The van der Waals surface area contributed by atoms with Gasteiger partial charge in [-0.2, -0.15) is 0 Å². The summed E-state index contributed by atoms with van der Waals surface area (Å²) in [5.41, 5.74) is 0.215. The van der Waals surface area contributed by atoms with E-state index in [4.69, 9.17) is 34.8 Å². The molecule has 0 saturated heterocycles. The zero-order chi connectivity index (χ0) is 20.2. The van der Waals surface area contributed by atoms with Crippen molar-refractivity contribution in [1.82, 2.24) is 0 Å². The van der Waals surface area contributed by atoms with Crippen molar-refractivity contribution >= 4 is 50.5 Å². The van der Waals surface area contributed by atoms with Crippen LogP contribution in [0.2, 0.25) is 15.1 Å². The number of rotatable bonds is 8. The van der Waals surface area contributed by atoms with Gasteiger partial charge in [0.05, 0.1) is 15.6 Å². The molecule has 2 aromatic rings. The molecular weight excluding hydrogens is 435 g/mol. The van der Waals surface area contributed by atoms with Crippen molar-refractivity contribution in [2.45, 2.75) is 30.7 Å². The van der Waals surface area contributed by atoms with Crippen molar-refractivity contribution in [2.24, 2.45) is 0 Å². The Bertz CT molecular complexity index is 920. The molecule has 146 valence electrons. The highest BCUT2D eigenvalue weighted by molar-refractivity contribution is 7.92. The third-order valence-electron chi connectivity index (χ3n) is 3.88. The first kappa shape index (κ1) is 21.8. The van der Waals surface area contributed by atoms with Crippen LogP contribution < -0.4 is 4.31 Å². The molecule has 0 bridgehead atoms. The van der Waals surface area contributed by atoms with Crippen LogP contribution in [-0.4, -0.2) is 25.9 Å². The molecule has 27 heavy (non-hydrogen) atoms. The first-order valence-corrected chi connectivity index (χ1v) is 10.6. The van der Waals surface area contributed by atoms with E-state index >= 15 is 0 Å². The van der Waals surface area contributed by atoms with Gasteiger partial charge in [-0.05, 0) is 55.8 Å². The van der Waals surface area contributed by atoms with Gasteiger partial charge in [0.2, 0.25) is 6.54 Å². The van der Waals surface area contributed by atoms with Gasteiger partial charge in [0, 0.05) is 27.4 Å². The average Bonchev–Trinajstić information content (AvgIpc) is 2.58. The number of hydrogen-bond acceptors (Lipinski definition) is 4. The van der Waals surface area contributed by atoms with Crippen LogP contribution in [0, 0.1) is 10.1 Å². The number of nitro groups is 1. The van der Waals surface area contributed by atoms with Crippen LogP contribution in [0.3, 0.4) is 0 Å². The molecule has 0 aromatic heterocycles. The summed E-state index contributed by atoms with van der Waals surface area (Å²) < 4.78 is 27.7. The van der Waals surface area contributed by atoms with Gasteiger partial charge in [-0.15, -0.1) is 0 Å². The highest BCUT2D eigenvalue weighted by atomic mass is 35.5. The quantitative estimate of drug-likeness (QED) is 0.403. The molecule has 0 heterocycles. The summed E-state index contributed by atoms with van der Waals surface area (Å²) >= 11 is 18.1. The smallest absolute Gasteiger partial charge is 0.264 e. The minimum absolute atomic E-state index is 0.0315. The Kier molecular flexibility index (Phi) is 7.33. The molecule has 0 unspecified atom stereocenters. The Balaban J connectivity index is 2.50. The van der Waals surface area contributed by atoms with Crippen LogP contribution >= 0.6 is 34.8 Å². The normalized spacial score (nSPS) is 12.6. The summed E-state index contributed by atoms with van der Waals surface area (Å²) in [6, 6.07) is 9.68. The molecule has 6 nitrogen and oxygen atoms in total. The molecule has 0 aliphatic rings. The van der Waals surface area contributed by atoms with Crippen molar-refractivity contribution < 1.29 is 13.3 Å². The Hall–Kier alpha value is -1.54. The lowest BCUT2D eigenvalue weighted by Gasteiger charge is -2.31. The molecule has 1 atom stereocenters. The zero-order valence-electron chi connectivity index (χ0n) is 14.3. The third-order valence-corrected chi connectivity index (χ3v) is 6.63. The van der Waals surface area contributed by atoms with Crippen LogP contribution in [-0.2, 0) is 10.0 Å². The summed E-state index contributed by atoms with van der Waals surface area (Å²) in [6.45, 7) is 1.42. The van der Waals surface area contributed by atoms with Gasteiger partial charge >= 0.3 is 0 Å². The van der Waals surface area contributed by atoms with Gasteiger partial charge in [-0.1, -0.05) is 34.8 Å². The average molecular weight is 452 g/mol. The van der Waals surface area contributed by atoms with Crippen LogP contribution in [0.25, 0.3) is 0 Å². The van der Waals surface area contributed by atoms with E-state index in [9.17, 15) is 18.5 Å². The van der Waals surface area contributed by atoms with E-state index < -0.39 is 21.0 Å². The number of hydrogen-bond donors (Lipinski definition) is 0. The SMILES string of the molecule is C[C@H](CCC[N+](=O)[O-])N(c1cc(Cl)ccc1Cl)S(=O)(=O)c1ccc(Cl)cc1. The van der Waals surface area contributed by atoms with E-state index in [-0.39, 0.29) is 35.0 Å². The maximum atomic E-state index is 13.3. The summed E-state index contributed by atoms with van der Waals surface area (Å²) in [5, 5.41) is 11.5. The summed E-state index contributed by atoms with van der Waals surface area (Å²) in [7, 11) is -4.00. The molecule has 10 heteroatoms. The van der Waals surface area contributed by atoms with Gasteiger partial charge in [0.1, 0.15) is 0 Å². The first-order chi connectivity index (χ1) is 12.6. The molecule has 0 aliphatic carbocycles. The van der Waals surface area contributed by atoms with E-state index in [1.807, 2.05) is 0 Å². The van der Waals surface area contributed by atoms with Crippen molar-refractivity contribution in [3.63, 3.8) is 0 Å². The van der Waals surface area contributed by atoms with Crippen LogP contribution in [0.4, 0.5) is 5.69 Å². The molecular formula is C17H17Cl3N2O4S. The fraction of sp³-hybridized carbons (Fsp3) is 0.294. The molecule has 0 amide bonds. The number of sulfonamides is 1. The predicted molar refractivity (Wildman–Crippen MR) is 108 cm³/mol. The molecule has 0 N–H and O–H groups in total. The summed E-state index contributed by atoms with van der Waals surface area (Å²) in [6.07, 6.45) is 0.496. The lowest BCUT2D eigenvalue weighted by molar-refractivity contribution is -0.480. The number of halogens is 3.